The first-order chi connectivity index (χ1) is 8.75. The summed E-state index contributed by atoms with van der Waals surface area (Å²) < 4.78 is 5.93. The van der Waals surface area contributed by atoms with Crippen molar-refractivity contribution in [3.05, 3.63) is 45.6 Å². The Morgan fingerprint density at radius 3 is 3.00 bits per heavy atom. The smallest absolute Gasteiger partial charge is 0.259 e. The van der Waals surface area contributed by atoms with Crippen LogP contribution in [0.15, 0.2) is 33.3 Å². The number of fused-ring (bicyclic) bond motifs is 1. The second kappa shape index (κ2) is 4.57. The van der Waals surface area contributed by atoms with Crippen LogP contribution in [0.2, 0.25) is 0 Å². The summed E-state index contributed by atoms with van der Waals surface area (Å²) >= 11 is 3.36. The summed E-state index contributed by atoms with van der Waals surface area (Å²) in [5.41, 5.74) is 2.59. The van der Waals surface area contributed by atoms with Gasteiger partial charge in [0.25, 0.3) is 5.91 Å². The van der Waals surface area contributed by atoms with Gasteiger partial charge in [-0.2, -0.15) is 0 Å². The molecule has 0 radical (unpaired) electrons. The first-order valence-electron chi connectivity index (χ1n) is 5.79. The first kappa shape index (κ1) is 11.5. The van der Waals surface area contributed by atoms with Crippen molar-refractivity contribution < 1.29 is 9.32 Å². The molecule has 92 valence electrons. The molecule has 0 bridgehead atoms. The van der Waals surface area contributed by atoms with Crippen LogP contribution in [-0.2, 0) is 12.8 Å². The molecule has 0 spiro atoms. The molecule has 2 aromatic rings. The molecule has 0 unspecified atom stereocenters. The number of carbonyl (C=O) groups is 1. The minimum Gasteiger partial charge on any atom is -0.338 e. The lowest BCUT2D eigenvalue weighted by atomic mass is 10.2. The van der Waals surface area contributed by atoms with Crippen LogP contribution < -0.4 is 5.32 Å². The summed E-state index contributed by atoms with van der Waals surface area (Å²) in [6.07, 6.45) is 2.93. The molecule has 1 aromatic heterocycles. The third-order valence-corrected chi connectivity index (χ3v) is 3.75. The first-order valence-corrected chi connectivity index (χ1v) is 6.58. The zero-order chi connectivity index (χ0) is 12.5. The van der Waals surface area contributed by atoms with Crippen molar-refractivity contribution in [1.82, 2.24) is 5.16 Å². The fraction of sp³-hybridized carbons (Fsp3) is 0.231. The van der Waals surface area contributed by atoms with Gasteiger partial charge in [-0.3, -0.25) is 10.1 Å². The van der Waals surface area contributed by atoms with E-state index in [1.54, 1.807) is 6.07 Å². The highest BCUT2D eigenvalue weighted by atomic mass is 79.9. The predicted octanol–water partition coefficient (Wildman–Crippen LogP) is 3.18. The van der Waals surface area contributed by atoms with Crippen molar-refractivity contribution in [3.8, 4) is 0 Å². The van der Waals surface area contributed by atoms with E-state index in [1.807, 2.05) is 18.2 Å². The summed E-state index contributed by atoms with van der Waals surface area (Å²) in [5, 5.41) is 6.75. The number of aromatic nitrogens is 1. The third kappa shape index (κ3) is 1.95. The van der Waals surface area contributed by atoms with Gasteiger partial charge in [0.1, 0.15) is 0 Å². The monoisotopic (exact) mass is 306 g/mol. The lowest BCUT2D eigenvalue weighted by molar-refractivity contribution is 0.102. The second-order valence-corrected chi connectivity index (χ2v) is 5.08. The van der Waals surface area contributed by atoms with Gasteiger partial charge in [-0.25, -0.2) is 0 Å². The normalized spacial score (nSPS) is 13.4. The molecule has 0 saturated heterocycles. The highest BCUT2D eigenvalue weighted by Gasteiger charge is 2.22. The van der Waals surface area contributed by atoms with Gasteiger partial charge >= 0.3 is 0 Å². The van der Waals surface area contributed by atoms with Crippen LogP contribution in [0.1, 0.15) is 28.0 Å². The molecule has 1 N–H and O–H groups in total. The van der Waals surface area contributed by atoms with Gasteiger partial charge in [0.15, 0.2) is 0 Å². The van der Waals surface area contributed by atoms with Crippen molar-refractivity contribution in [2.24, 2.45) is 0 Å². The number of carbonyl (C=O) groups excluding carboxylic acids is 1. The van der Waals surface area contributed by atoms with E-state index in [0.29, 0.717) is 11.4 Å². The lowest BCUT2D eigenvalue weighted by Crippen LogP contribution is -2.12. The molecule has 18 heavy (non-hydrogen) atoms. The van der Waals surface area contributed by atoms with E-state index in [9.17, 15) is 4.79 Å². The average Bonchev–Trinajstić information content (AvgIpc) is 2.94. The fourth-order valence-electron chi connectivity index (χ4n) is 2.14. The zero-order valence-corrected chi connectivity index (χ0v) is 11.2. The maximum Gasteiger partial charge on any atom is 0.259 e. The zero-order valence-electron chi connectivity index (χ0n) is 9.57. The van der Waals surface area contributed by atoms with Crippen LogP contribution >= 0.6 is 15.9 Å². The van der Waals surface area contributed by atoms with Crippen LogP contribution in [0.3, 0.4) is 0 Å². The van der Waals surface area contributed by atoms with Crippen molar-refractivity contribution >= 4 is 27.7 Å². The molecular formula is C13H11BrN2O2. The Labute approximate surface area is 112 Å². The molecule has 1 heterocycles. The van der Waals surface area contributed by atoms with Crippen LogP contribution in [0, 0.1) is 0 Å². The lowest BCUT2D eigenvalue weighted by Gasteiger charge is -2.04. The summed E-state index contributed by atoms with van der Waals surface area (Å²) in [4.78, 5) is 12.1. The molecule has 1 aliphatic rings. The number of nitrogens with zero attached hydrogens (tertiary/aromatic N) is 1. The van der Waals surface area contributed by atoms with E-state index in [0.717, 1.165) is 35.0 Å². The van der Waals surface area contributed by atoms with Crippen LogP contribution in [-0.4, -0.2) is 11.1 Å². The number of benzene rings is 1. The van der Waals surface area contributed by atoms with E-state index in [-0.39, 0.29) is 5.91 Å². The molecule has 4 nitrogen and oxygen atoms in total. The number of anilines is 1. The van der Waals surface area contributed by atoms with Crippen molar-refractivity contribution in [2.45, 2.75) is 19.3 Å². The Bertz CT molecular complexity index is 607. The Morgan fingerprint density at radius 2 is 2.17 bits per heavy atom. The number of amides is 1. The van der Waals surface area contributed by atoms with Gasteiger partial charge in [-0.1, -0.05) is 17.3 Å². The van der Waals surface area contributed by atoms with Gasteiger partial charge in [0.2, 0.25) is 5.88 Å². The number of halogens is 1. The molecule has 0 fully saturated rings. The largest absolute Gasteiger partial charge is 0.338 e. The maximum absolute atomic E-state index is 12.1. The molecular weight excluding hydrogens is 296 g/mol. The predicted molar refractivity (Wildman–Crippen MR) is 70.6 cm³/mol. The van der Waals surface area contributed by atoms with Crippen molar-refractivity contribution in [3.63, 3.8) is 0 Å². The molecule has 3 rings (SSSR count). The molecule has 0 atom stereocenters. The Hall–Kier alpha value is -1.62. The molecule has 5 heteroatoms. The summed E-state index contributed by atoms with van der Waals surface area (Å²) in [6.45, 7) is 0. The standard InChI is InChI=1S/C13H11BrN2O2/c14-10-6-2-1-4-8(10)12(17)15-13-9-5-3-7-11(9)16-18-13/h1-2,4,6H,3,5,7H2,(H,15,17). The number of rotatable bonds is 2. The highest BCUT2D eigenvalue weighted by Crippen LogP contribution is 2.29. The van der Waals surface area contributed by atoms with Gasteiger partial charge in [0.05, 0.1) is 11.3 Å². The quantitative estimate of drug-likeness (QED) is 0.927. The van der Waals surface area contributed by atoms with Crippen LogP contribution in [0.4, 0.5) is 5.88 Å². The van der Waals surface area contributed by atoms with E-state index in [1.165, 1.54) is 0 Å². The topological polar surface area (TPSA) is 55.1 Å². The van der Waals surface area contributed by atoms with Crippen LogP contribution in [0.25, 0.3) is 0 Å². The van der Waals surface area contributed by atoms with Crippen molar-refractivity contribution in [2.75, 3.05) is 5.32 Å². The van der Waals surface area contributed by atoms with E-state index >= 15 is 0 Å². The number of nitrogens with one attached hydrogen (secondary N) is 1. The number of hydrogen-bond donors (Lipinski definition) is 1. The third-order valence-electron chi connectivity index (χ3n) is 3.06. The van der Waals surface area contributed by atoms with E-state index < -0.39 is 0 Å². The van der Waals surface area contributed by atoms with Crippen molar-refractivity contribution in [1.29, 1.82) is 0 Å². The Kier molecular flexibility index (Phi) is 2.91. The van der Waals surface area contributed by atoms with Gasteiger partial charge < -0.3 is 4.52 Å². The van der Waals surface area contributed by atoms with Crippen LogP contribution in [0.5, 0.6) is 0 Å². The summed E-state index contributed by atoms with van der Waals surface area (Å²) in [7, 11) is 0. The highest BCUT2D eigenvalue weighted by molar-refractivity contribution is 9.10. The van der Waals surface area contributed by atoms with Gasteiger partial charge in [0, 0.05) is 10.0 Å². The maximum atomic E-state index is 12.1. The number of hydrogen-bond acceptors (Lipinski definition) is 3. The Balaban J connectivity index is 1.85. The summed E-state index contributed by atoms with van der Waals surface area (Å²) in [6, 6.07) is 7.28. The fourth-order valence-corrected chi connectivity index (χ4v) is 2.61. The molecule has 1 aromatic carbocycles. The molecule has 0 saturated carbocycles. The molecule has 1 amide bonds. The van der Waals surface area contributed by atoms with E-state index in [2.05, 4.69) is 26.4 Å². The minimum absolute atomic E-state index is 0.187. The number of aryl methyl sites for hydroxylation is 1. The molecule has 0 aliphatic heterocycles. The summed E-state index contributed by atoms with van der Waals surface area (Å²) in [5.74, 6) is 0.302. The van der Waals surface area contributed by atoms with Gasteiger partial charge in [-0.05, 0) is 47.3 Å². The molecule has 1 aliphatic carbocycles. The second-order valence-electron chi connectivity index (χ2n) is 4.22. The van der Waals surface area contributed by atoms with Gasteiger partial charge in [-0.15, -0.1) is 0 Å². The van der Waals surface area contributed by atoms with E-state index in [4.69, 9.17) is 4.52 Å². The average molecular weight is 307 g/mol. The Morgan fingerprint density at radius 1 is 1.33 bits per heavy atom. The minimum atomic E-state index is -0.187. The SMILES string of the molecule is O=C(Nc1onc2c1CCC2)c1ccccc1Br.